The Morgan fingerprint density at radius 2 is 1.90 bits per heavy atom. The molecule has 0 spiro atoms. The van der Waals surface area contributed by atoms with E-state index in [0.717, 1.165) is 4.90 Å². The van der Waals surface area contributed by atoms with Gasteiger partial charge in [-0.1, -0.05) is 43.1 Å². The summed E-state index contributed by atoms with van der Waals surface area (Å²) in [6.45, 7) is 4.04. The molecule has 7 heteroatoms. The number of urea groups is 1. The van der Waals surface area contributed by atoms with Crippen LogP contribution in [0.15, 0.2) is 18.2 Å². The topological polar surface area (TPSA) is 58.6 Å². The number of nitrogens with one attached hydrogen (secondary N) is 1. The highest BCUT2D eigenvalue weighted by atomic mass is 35.5. The van der Waals surface area contributed by atoms with Crippen LogP contribution in [0.25, 0.3) is 0 Å². The Labute approximate surface area is 133 Å². The van der Waals surface area contributed by atoms with E-state index in [9.17, 15) is 9.59 Å². The second-order valence-electron chi connectivity index (χ2n) is 5.06. The minimum Gasteiger partial charge on any atom is -0.489 e. The van der Waals surface area contributed by atoms with Gasteiger partial charge in [0.1, 0.15) is 12.6 Å². The third kappa shape index (κ3) is 3.41. The van der Waals surface area contributed by atoms with E-state index in [-0.39, 0.29) is 25.0 Å². The molecule has 1 aromatic rings. The van der Waals surface area contributed by atoms with Crippen molar-refractivity contribution in [3.63, 3.8) is 0 Å². The molecule has 2 rings (SSSR count). The smallest absolute Gasteiger partial charge is 0.324 e. The molecule has 0 bridgehead atoms. The first-order valence-electron chi connectivity index (χ1n) is 6.60. The first-order chi connectivity index (χ1) is 9.91. The highest BCUT2D eigenvalue weighted by Crippen LogP contribution is 2.32. The zero-order valence-electron chi connectivity index (χ0n) is 11.7. The van der Waals surface area contributed by atoms with E-state index in [2.05, 4.69) is 5.32 Å². The predicted molar refractivity (Wildman–Crippen MR) is 80.8 cm³/mol. The highest BCUT2D eigenvalue weighted by molar-refractivity contribution is 6.37. The van der Waals surface area contributed by atoms with E-state index in [4.69, 9.17) is 27.9 Å². The number of hydrogen-bond donors (Lipinski definition) is 1. The number of carbonyl (C=O) groups is 2. The number of para-hydroxylation sites is 1. The Bertz CT molecular complexity index is 543. The standard InChI is InChI=1S/C14H16Cl2N2O3/c1-8(2)11-13(19)18(14(20)17-11)6-7-21-12-9(15)4-3-5-10(12)16/h3-5,8,11H,6-7H2,1-2H3,(H,17,20). The molecule has 0 aromatic heterocycles. The van der Waals surface area contributed by atoms with Crippen LogP contribution in [0, 0.1) is 5.92 Å². The quantitative estimate of drug-likeness (QED) is 0.844. The van der Waals surface area contributed by atoms with Crippen molar-refractivity contribution in [2.24, 2.45) is 5.92 Å². The second kappa shape index (κ2) is 6.54. The molecule has 114 valence electrons. The molecule has 1 aliphatic rings. The van der Waals surface area contributed by atoms with Gasteiger partial charge in [-0.2, -0.15) is 0 Å². The molecule has 1 atom stereocenters. The summed E-state index contributed by atoms with van der Waals surface area (Å²) in [6, 6.07) is 4.16. The van der Waals surface area contributed by atoms with Gasteiger partial charge in [0, 0.05) is 0 Å². The molecular formula is C14H16Cl2N2O3. The molecule has 0 aliphatic carbocycles. The Balaban J connectivity index is 1.95. The van der Waals surface area contributed by atoms with Gasteiger partial charge in [-0.15, -0.1) is 0 Å². The van der Waals surface area contributed by atoms with Crippen LogP contribution in [0.1, 0.15) is 13.8 Å². The average Bonchev–Trinajstić information content (AvgIpc) is 2.69. The van der Waals surface area contributed by atoms with E-state index in [1.165, 1.54) is 0 Å². The third-order valence-corrected chi connectivity index (χ3v) is 3.80. The fourth-order valence-electron chi connectivity index (χ4n) is 2.06. The summed E-state index contributed by atoms with van der Waals surface area (Å²) in [4.78, 5) is 25.0. The van der Waals surface area contributed by atoms with Crippen molar-refractivity contribution in [2.45, 2.75) is 19.9 Å². The number of carbonyl (C=O) groups excluding carboxylic acids is 2. The lowest BCUT2D eigenvalue weighted by atomic mass is 10.1. The van der Waals surface area contributed by atoms with Crippen LogP contribution in [0.5, 0.6) is 5.75 Å². The number of halogens is 2. The lowest BCUT2D eigenvalue weighted by Gasteiger charge is -2.15. The average molecular weight is 331 g/mol. The number of nitrogens with zero attached hydrogens (tertiary/aromatic N) is 1. The van der Waals surface area contributed by atoms with Crippen LogP contribution in [-0.4, -0.2) is 36.0 Å². The van der Waals surface area contributed by atoms with Gasteiger partial charge in [-0.25, -0.2) is 4.79 Å². The van der Waals surface area contributed by atoms with E-state index >= 15 is 0 Å². The number of amides is 3. The maximum absolute atomic E-state index is 12.1. The van der Waals surface area contributed by atoms with Crippen LogP contribution in [0.3, 0.4) is 0 Å². The molecule has 0 saturated carbocycles. The van der Waals surface area contributed by atoms with Crippen molar-refractivity contribution in [1.82, 2.24) is 10.2 Å². The van der Waals surface area contributed by atoms with E-state index < -0.39 is 12.1 Å². The molecule has 1 saturated heterocycles. The first-order valence-corrected chi connectivity index (χ1v) is 7.36. The van der Waals surface area contributed by atoms with Gasteiger partial charge in [-0.3, -0.25) is 9.69 Å². The van der Waals surface area contributed by atoms with Crippen LogP contribution < -0.4 is 10.1 Å². The molecule has 3 amide bonds. The number of benzene rings is 1. The van der Waals surface area contributed by atoms with Gasteiger partial charge in [-0.05, 0) is 18.1 Å². The Hall–Kier alpha value is -1.46. The van der Waals surface area contributed by atoms with Gasteiger partial charge in [0.25, 0.3) is 5.91 Å². The van der Waals surface area contributed by atoms with Crippen LogP contribution in [0.4, 0.5) is 4.79 Å². The van der Waals surface area contributed by atoms with Crippen LogP contribution in [0.2, 0.25) is 10.0 Å². The molecule has 1 aromatic carbocycles. The van der Waals surface area contributed by atoms with E-state index in [1.54, 1.807) is 18.2 Å². The molecule has 1 fully saturated rings. The summed E-state index contributed by atoms with van der Waals surface area (Å²) in [5, 5.41) is 3.43. The van der Waals surface area contributed by atoms with E-state index in [0.29, 0.717) is 15.8 Å². The summed E-state index contributed by atoms with van der Waals surface area (Å²) < 4.78 is 5.48. The van der Waals surface area contributed by atoms with Crippen molar-refractivity contribution in [2.75, 3.05) is 13.2 Å². The summed E-state index contributed by atoms with van der Waals surface area (Å²) in [5.74, 6) is 0.169. The van der Waals surface area contributed by atoms with Crippen molar-refractivity contribution < 1.29 is 14.3 Å². The second-order valence-corrected chi connectivity index (χ2v) is 5.87. The van der Waals surface area contributed by atoms with Crippen LogP contribution >= 0.6 is 23.2 Å². The van der Waals surface area contributed by atoms with Gasteiger partial charge >= 0.3 is 6.03 Å². The lowest BCUT2D eigenvalue weighted by molar-refractivity contribution is -0.128. The van der Waals surface area contributed by atoms with Crippen molar-refractivity contribution >= 4 is 35.1 Å². The zero-order valence-corrected chi connectivity index (χ0v) is 13.2. The molecule has 1 aliphatic heterocycles. The van der Waals surface area contributed by atoms with Crippen LogP contribution in [-0.2, 0) is 4.79 Å². The molecule has 0 radical (unpaired) electrons. The normalized spacial score (nSPS) is 18.3. The maximum Gasteiger partial charge on any atom is 0.324 e. The number of hydrogen-bond acceptors (Lipinski definition) is 3. The summed E-state index contributed by atoms with van der Waals surface area (Å²) in [7, 11) is 0. The summed E-state index contributed by atoms with van der Waals surface area (Å²) in [5.41, 5.74) is 0. The SMILES string of the molecule is CC(C)C1NC(=O)N(CCOc2c(Cl)cccc2Cl)C1=O. The van der Waals surface area contributed by atoms with Crippen molar-refractivity contribution in [3.8, 4) is 5.75 Å². The number of rotatable bonds is 5. The Kier molecular flexibility index (Phi) is 4.96. The maximum atomic E-state index is 12.1. The Morgan fingerprint density at radius 1 is 1.29 bits per heavy atom. The largest absolute Gasteiger partial charge is 0.489 e. The zero-order chi connectivity index (χ0) is 15.6. The number of imide groups is 1. The lowest BCUT2D eigenvalue weighted by Crippen LogP contribution is -2.36. The van der Waals surface area contributed by atoms with E-state index in [1.807, 2.05) is 13.8 Å². The monoisotopic (exact) mass is 330 g/mol. The third-order valence-electron chi connectivity index (χ3n) is 3.20. The summed E-state index contributed by atoms with van der Waals surface area (Å²) in [6.07, 6.45) is 0. The van der Waals surface area contributed by atoms with Gasteiger partial charge in [0.05, 0.1) is 16.6 Å². The van der Waals surface area contributed by atoms with Crippen molar-refractivity contribution in [3.05, 3.63) is 28.2 Å². The molecular weight excluding hydrogens is 315 g/mol. The van der Waals surface area contributed by atoms with Gasteiger partial charge in [0.2, 0.25) is 0 Å². The Morgan fingerprint density at radius 3 is 2.43 bits per heavy atom. The fraction of sp³-hybridized carbons (Fsp3) is 0.429. The van der Waals surface area contributed by atoms with Gasteiger partial charge < -0.3 is 10.1 Å². The fourth-order valence-corrected chi connectivity index (χ4v) is 2.57. The molecule has 21 heavy (non-hydrogen) atoms. The summed E-state index contributed by atoms with van der Waals surface area (Å²) >= 11 is 12.0. The molecule has 1 N–H and O–H groups in total. The molecule has 5 nitrogen and oxygen atoms in total. The number of ether oxygens (including phenoxy) is 1. The molecule has 1 heterocycles. The minimum absolute atomic E-state index is 0.0466. The van der Waals surface area contributed by atoms with Gasteiger partial charge in [0.15, 0.2) is 5.75 Å². The first kappa shape index (κ1) is 15.9. The highest BCUT2D eigenvalue weighted by Gasteiger charge is 2.39. The molecule has 1 unspecified atom stereocenters. The van der Waals surface area contributed by atoms with Crippen molar-refractivity contribution in [1.29, 1.82) is 0 Å². The predicted octanol–water partition coefficient (Wildman–Crippen LogP) is 2.95. The minimum atomic E-state index is -0.471.